The third-order valence-corrected chi connectivity index (χ3v) is 2.71. The normalized spacial score (nSPS) is 15.6. The largest absolute Gasteiger partial charge is 0.350 e. The zero-order valence-corrected chi connectivity index (χ0v) is 9.69. The Bertz CT molecular complexity index is 489. The minimum Gasteiger partial charge on any atom is -0.350 e. The van der Waals surface area contributed by atoms with E-state index >= 15 is 0 Å². The Morgan fingerprint density at radius 2 is 2.17 bits per heavy atom. The highest BCUT2D eigenvalue weighted by atomic mass is 19.1. The first-order valence-corrected chi connectivity index (χ1v) is 5.67. The standard InChI is InChI=1S/C13H12FNO3/c14-11-7-9(1-2-10(11)8-15)12(16)3-4-13-17-5-6-18-13/h1-2,7,13H,3-6H2. The molecule has 5 heteroatoms. The van der Waals surface area contributed by atoms with Crippen molar-refractivity contribution in [3.8, 4) is 6.07 Å². The van der Waals surface area contributed by atoms with E-state index in [4.69, 9.17) is 14.7 Å². The summed E-state index contributed by atoms with van der Waals surface area (Å²) in [6, 6.07) is 5.58. The number of nitriles is 1. The number of rotatable bonds is 4. The topological polar surface area (TPSA) is 59.3 Å². The molecule has 0 aromatic heterocycles. The molecule has 94 valence electrons. The first kappa shape index (κ1) is 12.7. The van der Waals surface area contributed by atoms with Crippen LogP contribution in [0.5, 0.6) is 0 Å². The smallest absolute Gasteiger partial charge is 0.163 e. The SMILES string of the molecule is N#Cc1ccc(C(=O)CCC2OCCO2)cc1F. The average Bonchev–Trinajstić information content (AvgIpc) is 2.89. The third kappa shape index (κ3) is 2.92. The predicted molar refractivity (Wildman–Crippen MR) is 60.4 cm³/mol. The zero-order valence-electron chi connectivity index (χ0n) is 9.69. The number of Topliss-reactive ketones (excluding diaryl/α,β-unsaturated/α-hetero) is 1. The molecule has 0 amide bonds. The molecule has 18 heavy (non-hydrogen) atoms. The van der Waals surface area contributed by atoms with Gasteiger partial charge in [-0.15, -0.1) is 0 Å². The predicted octanol–water partition coefficient (Wildman–Crippen LogP) is 2.03. The molecule has 0 atom stereocenters. The van der Waals surface area contributed by atoms with E-state index in [1.165, 1.54) is 12.1 Å². The minimum absolute atomic E-state index is 0.0611. The van der Waals surface area contributed by atoms with Crippen molar-refractivity contribution in [2.75, 3.05) is 13.2 Å². The van der Waals surface area contributed by atoms with Gasteiger partial charge in [0.05, 0.1) is 18.8 Å². The van der Waals surface area contributed by atoms with Crippen LogP contribution in [-0.2, 0) is 9.47 Å². The van der Waals surface area contributed by atoms with E-state index in [2.05, 4.69) is 0 Å². The summed E-state index contributed by atoms with van der Waals surface area (Å²) in [6.07, 6.45) is 0.355. The summed E-state index contributed by atoms with van der Waals surface area (Å²) in [5.41, 5.74) is 0.207. The maximum absolute atomic E-state index is 13.3. The number of ketones is 1. The third-order valence-electron chi connectivity index (χ3n) is 2.71. The molecule has 0 spiro atoms. The Balaban J connectivity index is 1.96. The van der Waals surface area contributed by atoms with Gasteiger partial charge >= 0.3 is 0 Å². The molecule has 0 bridgehead atoms. The lowest BCUT2D eigenvalue weighted by atomic mass is 10.0. The Labute approximate surface area is 104 Å². The van der Waals surface area contributed by atoms with Crippen molar-refractivity contribution in [1.29, 1.82) is 5.26 Å². The summed E-state index contributed by atoms with van der Waals surface area (Å²) in [7, 11) is 0. The van der Waals surface area contributed by atoms with Crippen LogP contribution >= 0.6 is 0 Å². The van der Waals surface area contributed by atoms with Gasteiger partial charge in [-0.1, -0.05) is 0 Å². The Hall–Kier alpha value is -1.77. The van der Waals surface area contributed by atoms with Crippen molar-refractivity contribution in [1.82, 2.24) is 0 Å². The van der Waals surface area contributed by atoms with Crippen LogP contribution in [0.25, 0.3) is 0 Å². The maximum atomic E-state index is 13.3. The Morgan fingerprint density at radius 3 is 2.78 bits per heavy atom. The van der Waals surface area contributed by atoms with Crippen LogP contribution in [0.3, 0.4) is 0 Å². The molecule has 1 aliphatic rings. The van der Waals surface area contributed by atoms with Gasteiger partial charge < -0.3 is 9.47 Å². The molecular weight excluding hydrogens is 237 g/mol. The summed E-state index contributed by atoms with van der Waals surface area (Å²) in [5.74, 6) is -0.853. The number of hydrogen-bond donors (Lipinski definition) is 0. The molecule has 1 aromatic rings. The van der Waals surface area contributed by atoms with Gasteiger partial charge in [0, 0.05) is 18.4 Å². The Kier molecular flexibility index (Phi) is 4.03. The molecule has 1 saturated heterocycles. The summed E-state index contributed by atoms with van der Waals surface area (Å²) in [6.45, 7) is 1.09. The first-order valence-electron chi connectivity index (χ1n) is 5.67. The Morgan fingerprint density at radius 1 is 1.44 bits per heavy atom. The first-order chi connectivity index (χ1) is 8.70. The van der Waals surface area contributed by atoms with Crippen molar-refractivity contribution < 1.29 is 18.7 Å². The van der Waals surface area contributed by atoms with E-state index in [1.807, 2.05) is 0 Å². The molecular formula is C13H12FNO3. The highest BCUT2D eigenvalue weighted by molar-refractivity contribution is 5.96. The van der Waals surface area contributed by atoms with Crippen molar-refractivity contribution in [2.45, 2.75) is 19.1 Å². The molecule has 4 nitrogen and oxygen atoms in total. The molecule has 1 heterocycles. The molecule has 0 aliphatic carbocycles. The van der Waals surface area contributed by atoms with E-state index in [9.17, 15) is 9.18 Å². The van der Waals surface area contributed by atoms with E-state index in [0.29, 0.717) is 19.6 Å². The molecule has 0 radical (unpaired) electrons. The van der Waals surface area contributed by atoms with Gasteiger partial charge in [0.15, 0.2) is 12.1 Å². The molecule has 2 rings (SSSR count). The van der Waals surface area contributed by atoms with Gasteiger partial charge in [-0.25, -0.2) is 4.39 Å². The van der Waals surface area contributed by atoms with Gasteiger partial charge in [-0.2, -0.15) is 5.26 Å². The van der Waals surface area contributed by atoms with Gasteiger partial charge in [-0.05, 0) is 18.2 Å². The number of nitrogens with zero attached hydrogens (tertiary/aromatic N) is 1. The number of halogens is 1. The lowest BCUT2D eigenvalue weighted by molar-refractivity contribution is -0.0464. The number of carbonyl (C=O) groups excluding carboxylic acids is 1. The fourth-order valence-electron chi connectivity index (χ4n) is 1.75. The van der Waals surface area contributed by atoms with E-state index in [0.717, 1.165) is 6.07 Å². The van der Waals surface area contributed by atoms with Gasteiger partial charge in [-0.3, -0.25) is 4.79 Å². The fraction of sp³-hybridized carbons (Fsp3) is 0.385. The van der Waals surface area contributed by atoms with Crippen molar-refractivity contribution >= 4 is 5.78 Å². The van der Waals surface area contributed by atoms with E-state index in [-0.39, 0.29) is 29.6 Å². The molecule has 1 aromatic carbocycles. The maximum Gasteiger partial charge on any atom is 0.163 e. The monoisotopic (exact) mass is 249 g/mol. The zero-order chi connectivity index (χ0) is 13.0. The molecule has 1 fully saturated rings. The van der Waals surface area contributed by atoms with Crippen LogP contribution in [0.4, 0.5) is 4.39 Å². The van der Waals surface area contributed by atoms with Crippen LogP contribution in [0.2, 0.25) is 0 Å². The van der Waals surface area contributed by atoms with Gasteiger partial charge in [0.25, 0.3) is 0 Å². The summed E-state index contributed by atoms with van der Waals surface area (Å²) in [5, 5.41) is 8.59. The molecule has 0 saturated carbocycles. The van der Waals surface area contributed by atoms with Crippen molar-refractivity contribution in [3.05, 3.63) is 35.1 Å². The lowest BCUT2D eigenvalue weighted by Crippen LogP contribution is -2.11. The lowest BCUT2D eigenvalue weighted by Gasteiger charge is -2.08. The van der Waals surface area contributed by atoms with Crippen LogP contribution in [-0.4, -0.2) is 25.3 Å². The average molecular weight is 249 g/mol. The summed E-state index contributed by atoms with van der Waals surface area (Å²) >= 11 is 0. The quantitative estimate of drug-likeness (QED) is 0.766. The van der Waals surface area contributed by atoms with Crippen LogP contribution in [0, 0.1) is 17.1 Å². The van der Waals surface area contributed by atoms with Crippen LogP contribution in [0.15, 0.2) is 18.2 Å². The second-order valence-electron chi connectivity index (χ2n) is 3.94. The number of hydrogen-bond acceptors (Lipinski definition) is 4. The fourth-order valence-corrected chi connectivity index (χ4v) is 1.75. The van der Waals surface area contributed by atoms with Crippen LogP contribution < -0.4 is 0 Å². The summed E-state index contributed by atoms with van der Waals surface area (Å²) < 4.78 is 23.7. The highest BCUT2D eigenvalue weighted by Crippen LogP contribution is 2.15. The second kappa shape index (κ2) is 5.71. The van der Waals surface area contributed by atoms with E-state index < -0.39 is 5.82 Å². The van der Waals surface area contributed by atoms with Gasteiger partial charge in [0.2, 0.25) is 0 Å². The van der Waals surface area contributed by atoms with E-state index in [1.54, 1.807) is 6.07 Å². The number of carbonyl (C=O) groups is 1. The molecule has 0 unspecified atom stereocenters. The highest BCUT2D eigenvalue weighted by Gasteiger charge is 2.18. The summed E-state index contributed by atoms with van der Waals surface area (Å²) in [4.78, 5) is 11.8. The second-order valence-corrected chi connectivity index (χ2v) is 3.94. The number of ether oxygens (including phenoxy) is 2. The van der Waals surface area contributed by atoms with Crippen molar-refractivity contribution in [3.63, 3.8) is 0 Å². The molecule has 0 N–H and O–H groups in total. The minimum atomic E-state index is -0.670. The van der Waals surface area contributed by atoms with Gasteiger partial charge in [0.1, 0.15) is 11.9 Å². The molecule has 1 aliphatic heterocycles. The number of benzene rings is 1. The van der Waals surface area contributed by atoms with Crippen LogP contribution in [0.1, 0.15) is 28.8 Å². The van der Waals surface area contributed by atoms with Crippen molar-refractivity contribution in [2.24, 2.45) is 0 Å².